The van der Waals surface area contributed by atoms with E-state index in [4.69, 9.17) is 10.8 Å². The topological polar surface area (TPSA) is 63.3 Å². The third-order valence-electron chi connectivity index (χ3n) is 4.05. The lowest BCUT2D eigenvalue weighted by Crippen LogP contribution is -2.42. The third kappa shape index (κ3) is 1.78. The quantitative estimate of drug-likeness (QED) is 0.671. The average Bonchev–Trinajstić information content (AvgIpc) is 2.17. The van der Waals surface area contributed by atoms with Gasteiger partial charge in [0, 0.05) is 6.04 Å². The van der Waals surface area contributed by atoms with E-state index in [1.54, 1.807) is 0 Å². The molecule has 0 radical (unpaired) electrons. The van der Waals surface area contributed by atoms with Crippen molar-refractivity contribution in [3.05, 3.63) is 0 Å². The number of rotatable bonds is 1. The molecule has 2 fully saturated rings. The van der Waals surface area contributed by atoms with Crippen LogP contribution in [0.2, 0.25) is 0 Å². The van der Waals surface area contributed by atoms with Crippen LogP contribution >= 0.6 is 0 Å². The summed E-state index contributed by atoms with van der Waals surface area (Å²) in [4.78, 5) is 10.9. The van der Waals surface area contributed by atoms with Gasteiger partial charge in [-0.2, -0.15) is 0 Å². The highest BCUT2D eigenvalue weighted by Gasteiger charge is 2.38. The van der Waals surface area contributed by atoms with Crippen LogP contribution < -0.4 is 5.73 Å². The summed E-state index contributed by atoms with van der Waals surface area (Å²) in [6, 6.07) is 0.337. The molecule has 80 valence electrons. The smallest absolute Gasteiger partial charge is 0.306 e. The molecule has 2 saturated carbocycles. The molecule has 2 aliphatic carbocycles. The Morgan fingerprint density at radius 2 is 2.00 bits per heavy atom. The van der Waals surface area contributed by atoms with Gasteiger partial charge in [-0.05, 0) is 37.5 Å². The van der Waals surface area contributed by atoms with Gasteiger partial charge in [-0.25, -0.2) is 0 Å². The van der Waals surface area contributed by atoms with E-state index in [0.29, 0.717) is 17.9 Å². The molecule has 0 amide bonds. The SMILES string of the molecule is NC1CCCC2CC(C(=O)O)CCC12. The van der Waals surface area contributed by atoms with Crippen LogP contribution in [0.5, 0.6) is 0 Å². The van der Waals surface area contributed by atoms with Gasteiger partial charge in [0.1, 0.15) is 0 Å². The Morgan fingerprint density at radius 3 is 2.71 bits per heavy atom. The normalized spacial score (nSPS) is 42.9. The van der Waals surface area contributed by atoms with Crippen LogP contribution in [0.3, 0.4) is 0 Å². The minimum atomic E-state index is -0.609. The fourth-order valence-corrected chi connectivity index (χ4v) is 3.24. The van der Waals surface area contributed by atoms with Gasteiger partial charge in [0.15, 0.2) is 0 Å². The number of fused-ring (bicyclic) bond motifs is 1. The first-order valence-corrected chi connectivity index (χ1v) is 5.67. The second-order valence-electron chi connectivity index (χ2n) is 4.87. The first-order valence-electron chi connectivity index (χ1n) is 5.67. The fraction of sp³-hybridized carbons (Fsp3) is 0.909. The monoisotopic (exact) mass is 197 g/mol. The van der Waals surface area contributed by atoms with Crippen molar-refractivity contribution < 1.29 is 9.90 Å². The summed E-state index contributed by atoms with van der Waals surface area (Å²) in [5.74, 6) is 0.497. The van der Waals surface area contributed by atoms with Crippen molar-refractivity contribution in [2.45, 2.75) is 44.6 Å². The van der Waals surface area contributed by atoms with E-state index in [-0.39, 0.29) is 5.92 Å². The van der Waals surface area contributed by atoms with Crippen molar-refractivity contribution in [3.63, 3.8) is 0 Å². The van der Waals surface area contributed by atoms with Crippen molar-refractivity contribution in [1.82, 2.24) is 0 Å². The maximum absolute atomic E-state index is 10.9. The van der Waals surface area contributed by atoms with Gasteiger partial charge in [-0.1, -0.05) is 12.8 Å². The molecule has 0 heterocycles. The Bertz CT molecular complexity index is 229. The number of carboxylic acid groups (broad SMARTS) is 1. The summed E-state index contributed by atoms with van der Waals surface area (Å²) in [6.07, 6.45) is 6.26. The Morgan fingerprint density at radius 1 is 1.21 bits per heavy atom. The van der Waals surface area contributed by atoms with Crippen LogP contribution in [0.15, 0.2) is 0 Å². The molecule has 0 aromatic heterocycles. The van der Waals surface area contributed by atoms with Crippen LogP contribution in [0.4, 0.5) is 0 Å². The second-order valence-corrected chi connectivity index (χ2v) is 4.87. The summed E-state index contributed by atoms with van der Waals surface area (Å²) in [7, 11) is 0. The molecule has 0 spiro atoms. The summed E-state index contributed by atoms with van der Waals surface area (Å²) in [6.45, 7) is 0. The Kier molecular flexibility index (Phi) is 2.77. The first kappa shape index (κ1) is 9.97. The van der Waals surface area contributed by atoms with Gasteiger partial charge in [-0.15, -0.1) is 0 Å². The second kappa shape index (κ2) is 3.89. The molecule has 14 heavy (non-hydrogen) atoms. The Balaban J connectivity index is 1.99. The number of aliphatic carboxylic acids is 1. The lowest BCUT2D eigenvalue weighted by atomic mass is 9.66. The standard InChI is InChI=1S/C11H19NO2/c12-10-3-1-2-7-6-8(11(13)14)4-5-9(7)10/h7-10H,1-6,12H2,(H,13,14). The van der Waals surface area contributed by atoms with Crippen molar-refractivity contribution in [1.29, 1.82) is 0 Å². The van der Waals surface area contributed by atoms with Crippen molar-refractivity contribution in [3.8, 4) is 0 Å². The molecule has 0 aromatic rings. The van der Waals surface area contributed by atoms with Gasteiger partial charge in [0.25, 0.3) is 0 Å². The molecule has 0 saturated heterocycles. The molecule has 3 N–H and O–H groups in total. The molecule has 4 unspecified atom stereocenters. The summed E-state index contributed by atoms with van der Waals surface area (Å²) < 4.78 is 0. The number of hydrogen-bond donors (Lipinski definition) is 2. The van der Waals surface area contributed by atoms with Crippen molar-refractivity contribution in [2.24, 2.45) is 23.5 Å². The van der Waals surface area contributed by atoms with Crippen LogP contribution in [-0.2, 0) is 4.79 Å². The third-order valence-corrected chi connectivity index (χ3v) is 4.05. The van der Waals surface area contributed by atoms with E-state index in [1.165, 1.54) is 12.8 Å². The maximum Gasteiger partial charge on any atom is 0.306 e. The minimum Gasteiger partial charge on any atom is -0.481 e. The fourth-order valence-electron chi connectivity index (χ4n) is 3.24. The van der Waals surface area contributed by atoms with Gasteiger partial charge >= 0.3 is 5.97 Å². The van der Waals surface area contributed by atoms with E-state index in [0.717, 1.165) is 25.7 Å². The molecule has 2 aliphatic rings. The van der Waals surface area contributed by atoms with Crippen LogP contribution in [0.1, 0.15) is 38.5 Å². The Labute approximate surface area is 84.7 Å². The molecular weight excluding hydrogens is 178 g/mol. The van der Waals surface area contributed by atoms with Gasteiger partial charge in [0.05, 0.1) is 5.92 Å². The zero-order valence-corrected chi connectivity index (χ0v) is 8.48. The molecule has 3 heteroatoms. The number of hydrogen-bond acceptors (Lipinski definition) is 2. The molecule has 4 atom stereocenters. The highest BCUT2D eigenvalue weighted by atomic mass is 16.4. The van der Waals surface area contributed by atoms with Crippen LogP contribution in [0.25, 0.3) is 0 Å². The van der Waals surface area contributed by atoms with E-state index in [9.17, 15) is 4.79 Å². The predicted molar refractivity (Wildman–Crippen MR) is 53.8 cm³/mol. The number of nitrogens with two attached hydrogens (primary N) is 1. The predicted octanol–water partition coefficient (Wildman–Crippen LogP) is 1.61. The maximum atomic E-state index is 10.9. The zero-order chi connectivity index (χ0) is 10.1. The summed E-state index contributed by atoms with van der Waals surface area (Å²) in [5, 5.41) is 8.96. The van der Waals surface area contributed by atoms with E-state index in [2.05, 4.69) is 0 Å². The molecule has 0 aromatic carbocycles. The van der Waals surface area contributed by atoms with E-state index < -0.39 is 5.97 Å². The van der Waals surface area contributed by atoms with Gasteiger partial charge < -0.3 is 10.8 Å². The molecule has 0 aliphatic heterocycles. The van der Waals surface area contributed by atoms with E-state index >= 15 is 0 Å². The van der Waals surface area contributed by atoms with Crippen LogP contribution in [-0.4, -0.2) is 17.1 Å². The van der Waals surface area contributed by atoms with Crippen LogP contribution in [0, 0.1) is 17.8 Å². The van der Waals surface area contributed by atoms with Crippen molar-refractivity contribution >= 4 is 5.97 Å². The minimum absolute atomic E-state index is 0.0958. The highest BCUT2D eigenvalue weighted by molar-refractivity contribution is 5.70. The number of carbonyl (C=O) groups is 1. The number of carboxylic acids is 1. The highest BCUT2D eigenvalue weighted by Crippen LogP contribution is 2.42. The first-order chi connectivity index (χ1) is 6.68. The zero-order valence-electron chi connectivity index (χ0n) is 8.48. The lowest BCUT2D eigenvalue weighted by Gasteiger charge is -2.41. The summed E-state index contributed by atoms with van der Waals surface area (Å²) in [5.41, 5.74) is 6.06. The molecule has 3 nitrogen and oxygen atoms in total. The average molecular weight is 197 g/mol. The Hall–Kier alpha value is -0.570. The van der Waals surface area contributed by atoms with E-state index in [1.807, 2.05) is 0 Å². The summed E-state index contributed by atoms with van der Waals surface area (Å²) >= 11 is 0. The van der Waals surface area contributed by atoms with Gasteiger partial charge in [-0.3, -0.25) is 4.79 Å². The van der Waals surface area contributed by atoms with Gasteiger partial charge in [0.2, 0.25) is 0 Å². The van der Waals surface area contributed by atoms with Crippen molar-refractivity contribution in [2.75, 3.05) is 0 Å². The lowest BCUT2D eigenvalue weighted by molar-refractivity contribution is -0.144. The molecular formula is C11H19NO2. The molecule has 2 rings (SSSR count). The largest absolute Gasteiger partial charge is 0.481 e. The molecule has 0 bridgehead atoms.